The summed E-state index contributed by atoms with van der Waals surface area (Å²) in [6, 6.07) is 3.79. The number of hydrogen-bond acceptors (Lipinski definition) is 5. The Morgan fingerprint density at radius 2 is 1.94 bits per heavy atom. The molecule has 0 amide bonds. The summed E-state index contributed by atoms with van der Waals surface area (Å²) in [6.45, 7) is 2.25. The van der Waals surface area contributed by atoms with Crippen molar-refractivity contribution in [3.8, 4) is 0 Å². The lowest BCUT2D eigenvalue weighted by molar-refractivity contribution is 0.315. The molecule has 1 aromatic carbocycles. The van der Waals surface area contributed by atoms with Gasteiger partial charge in [0, 0.05) is 5.54 Å². The lowest BCUT2D eigenvalue weighted by Crippen LogP contribution is -2.30. The van der Waals surface area contributed by atoms with Gasteiger partial charge in [0.25, 0.3) is 0 Å². The third-order valence-electron chi connectivity index (χ3n) is 3.59. The van der Waals surface area contributed by atoms with E-state index in [1.54, 1.807) is 0 Å². The minimum Gasteiger partial charge on any atom is -0.397 e. The third kappa shape index (κ3) is 1.71. The number of nitrogens with zero attached hydrogens (tertiary/aromatic N) is 2. The molecule has 0 saturated heterocycles. The summed E-state index contributed by atoms with van der Waals surface area (Å²) >= 11 is 0. The van der Waals surface area contributed by atoms with Crippen LogP contribution in [0.2, 0.25) is 0 Å². The number of hydrogen-bond donors (Lipinski definition) is 2. The van der Waals surface area contributed by atoms with Gasteiger partial charge in [-0.1, -0.05) is 12.8 Å². The van der Waals surface area contributed by atoms with Gasteiger partial charge in [0.2, 0.25) is 0 Å². The zero-order chi connectivity index (χ0) is 11.9. The van der Waals surface area contributed by atoms with E-state index in [4.69, 9.17) is 10.4 Å². The summed E-state index contributed by atoms with van der Waals surface area (Å²) < 4.78 is 4.76. The highest BCUT2D eigenvalue weighted by atomic mass is 16.6. The Hall–Kier alpha value is -1.78. The van der Waals surface area contributed by atoms with Crippen LogP contribution in [0, 0.1) is 0 Å². The van der Waals surface area contributed by atoms with Crippen LogP contribution in [0.3, 0.4) is 0 Å². The van der Waals surface area contributed by atoms with E-state index in [0.29, 0.717) is 11.2 Å². The maximum Gasteiger partial charge on any atom is 0.160 e. The van der Waals surface area contributed by atoms with Gasteiger partial charge < -0.3 is 11.1 Å². The average Bonchev–Trinajstić information content (AvgIpc) is 2.92. The highest BCUT2D eigenvalue weighted by molar-refractivity contribution is 5.95. The molecule has 90 valence electrons. The molecule has 17 heavy (non-hydrogen) atoms. The first-order valence-corrected chi connectivity index (χ1v) is 5.97. The monoisotopic (exact) mass is 232 g/mol. The first-order valence-electron chi connectivity index (χ1n) is 5.97. The number of benzene rings is 1. The predicted octanol–water partition coefficient (Wildman–Crippen LogP) is 2.55. The average molecular weight is 232 g/mol. The molecule has 2 aromatic rings. The molecular weight excluding hydrogens is 216 g/mol. The molecule has 1 heterocycles. The standard InChI is InChI=1S/C12H16N4O/c1-12(6-2-3-7-12)14-9-5-4-8(13)10-11(9)16-17-15-10/h4-5,14H,2-3,6-7,13H2,1H3. The van der Waals surface area contributed by atoms with E-state index >= 15 is 0 Å². The molecule has 1 aromatic heterocycles. The van der Waals surface area contributed by atoms with Crippen molar-refractivity contribution in [3.63, 3.8) is 0 Å². The SMILES string of the molecule is CC1(Nc2ccc(N)c3nonc23)CCCC1. The zero-order valence-electron chi connectivity index (χ0n) is 9.86. The fourth-order valence-electron chi connectivity index (χ4n) is 2.59. The summed E-state index contributed by atoms with van der Waals surface area (Å²) in [5, 5.41) is 11.3. The second-order valence-corrected chi connectivity index (χ2v) is 5.06. The smallest absolute Gasteiger partial charge is 0.160 e. The molecule has 0 bridgehead atoms. The van der Waals surface area contributed by atoms with Gasteiger partial charge in [-0.2, -0.15) is 0 Å². The van der Waals surface area contributed by atoms with Gasteiger partial charge >= 0.3 is 0 Å². The molecule has 1 aliphatic rings. The summed E-state index contributed by atoms with van der Waals surface area (Å²) in [5.41, 5.74) is 8.89. The lowest BCUT2D eigenvalue weighted by atomic mass is 10.00. The van der Waals surface area contributed by atoms with E-state index in [-0.39, 0.29) is 5.54 Å². The number of nitrogens with two attached hydrogens (primary N) is 1. The van der Waals surface area contributed by atoms with Crippen LogP contribution in [0.15, 0.2) is 16.8 Å². The van der Waals surface area contributed by atoms with Crippen molar-refractivity contribution in [2.75, 3.05) is 11.1 Å². The van der Waals surface area contributed by atoms with E-state index in [1.165, 1.54) is 25.7 Å². The van der Waals surface area contributed by atoms with E-state index in [1.807, 2.05) is 12.1 Å². The molecule has 1 aliphatic carbocycles. The molecule has 5 nitrogen and oxygen atoms in total. The van der Waals surface area contributed by atoms with Crippen molar-refractivity contribution in [2.45, 2.75) is 38.1 Å². The van der Waals surface area contributed by atoms with Crippen molar-refractivity contribution < 1.29 is 4.63 Å². The van der Waals surface area contributed by atoms with Crippen LogP contribution in [-0.2, 0) is 0 Å². The number of fused-ring (bicyclic) bond motifs is 1. The molecule has 1 saturated carbocycles. The normalized spacial score (nSPS) is 18.6. The highest BCUT2D eigenvalue weighted by Crippen LogP contribution is 2.35. The Morgan fingerprint density at radius 3 is 2.71 bits per heavy atom. The molecule has 5 heteroatoms. The predicted molar refractivity (Wildman–Crippen MR) is 66.7 cm³/mol. The third-order valence-corrected chi connectivity index (χ3v) is 3.59. The maximum atomic E-state index is 5.82. The van der Waals surface area contributed by atoms with Crippen LogP contribution in [0.25, 0.3) is 11.0 Å². The Morgan fingerprint density at radius 1 is 1.24 bits per heavy atom. The van der Waals surface area contributed by atoms with Gasteiger partial charge in [-0.15, -0.1) is 0 Å². The minimum atomic E-state index is 0.155. The second-order valence-electron chi connectivity index (χ2n) is 5.06. The van der Waals surface area contributed by atoms with Gasteiger partial charge in [-0.3, -0.25) is 0 Å². The Labute approximate surface area is 99.3 Å². The number of anilines is 2. The number of rotatable bonds is 2. The summed E-state index contributed by atoms with van der Waals surface area (Å²) in [5.74, 6) is 0. The van der Waals surface area contributed by atoms with Crippen LogP contribution in [0.4, 0.5) is 11.4 Å². The number of nitrogens with one attached hydrogen (secondary N) is 1. The topological polar surface area (TPSA) is 77.0 Å². The molecular formula is C12H16N4O. The van der Waals surface area contributed by atoms with Crippen molar-refractivity contribution in [1.82, 2.24) is 10.3 Å². The van der Waals surface area contributed by atoms with Crippen molar-refractivity contribution in [2.24, 2.45) is 0 Å². The molecule has 0 aliphatic heterocycles. The quantitative estimate of drug-likeness (QED) is 0.778. The van der Waals surface area contributed by atoms with Crippen LogP contribution in [-0.4, -0.2) is 15.9 Å². The molecule has 0 unspecified atom stereocenters. The highest BCUT2D eigenvalue weighted by Gasteiger charge is 2.29. The molecule has 3 rings (SSSR count). The Balaban J connectivity index is 2.00. The van der Waals surface area contributed by atoms with Crippen LogP contribution < -0.4 is 11.1 Å². The van der Waals surface area contributed by atoms with Crippen molar-refractivity contribution >= 4 is 22.4 Å². The molecule has 0 radical (unpaired) electrons. The second kappa shape index (κ2) is 3.61. The first-order chi connectivity index (χ1) is 8.18. The molecule has 1 fully saturated rings. The largest absolute Gasteiger partial charge is 0.397 e. The van der Waals surface area contributed by atoms with Gasteiger partial charge in [0.05, 0.1) is 11.4 Å². The van der Waals surface area contributed by atoms with Crippen LogP contribution in [0.1, 0.15) is 32.6 Å². The fraction of sp³-hybridized carbons (Fsp3) is 0.500. The van der Waals surface area contributed by atoms with E-state index < -0.39 is 0 Å². The zero-order valence-corrected chi connectivity index (χ0v) is 9.86. The molecule has 0 spiro atoms. The van der Waals surface area contributed by atoms with E-state index in [9.17, 15) is 0 Å². The number of nitrogen functional groups attached to an aromatic ring is 1. The molecule has 3 N–H and O–H groups in total. The van der Waals surface area contributed by atoms with E-state index in [0.717, 1.165) is 11.2 Å². The molecule has 0 atom stereocenters. The van der Waals surface area contributed by atoms with Gasteiger partial charge in [-0.05, 0) is 42.2 Å². The first kappa shape index (κ1) is 10.4. The Bertz CT molecular complexity index is 542. The Kier molecular flexibility index (Phi) is 2.21. The van der Waals surface area contributed by atoms with Gasteiger partial charge in [0.1, 0.15) is 0 Å². The minimum absolute atomic E-state index is 0.155. The summed E-state index contributed by atoms with van der Waals surface area (Å²) in [7, 11) is 0. The van der Waals surface area contributed by atoms with Crippen LogP contribution >= 0.6 is 0 Å². The fourth-order valence-corrected chi connectivity index (χ4v) is 2.59. The van der Waals surface area contributed by atoms with Crippen LogP contribution in [0.5, 0.6) is 0 Å². The van der Waals surface area contributed by atoms with Crippen molar-refractivity contribution in [1.29, 1.82) is 0 Å². The summed E-state index contributed by atoms with van der Waals surface area (Å²) in [4.78, 5) is 0. The van der Waals surface area contributed by atoms with Gasteiger partial charge in [-0.25, -0.2) is 4.63 Å². The van der Waals surface area contributed by atoms with Crippen molar-refractivity contribution in [3.05, 3.63) is 12.1 Å². The summed E-state index contributed by atoms with van der Waals surface area (Å²) in [6.07, 6.45) is 4.92. The van der Waals surface area contributed by atoms with Gasteiger partial charge in [0.15, 0.2) is 11.0 Å². The van der Waals surface area contributed by atoms with E-state index in [2.05, 4.69) is 22.6 Å². The maximum absolute atomic E-state index is 5.82. The number of aromatic nitrogens is 2. The lowest BCUT2D eigenvalue weighted by Gasteiger charge is -2.26.